The standard InChI is InChI=1S/C27H32N4O3/c1-3-34-27(33)21-14-29-31(23-13-25(32)30(2)22-7-5-4-6-20(22)23)24(21)15-28-26-18-9-16-8-17(11-18)12-19(26)10-16/h4-7,13-14,16-19,26,28H,3,8-12,15H2,1-2H3. The van der Waals surface area contributed by atoms with Crippen molar-refractivity contribution >= 4 is 16.9 Å². The third-order valence-corrected chi connectivity index (χ3v) is 8.46. The SMILES string of the molecule is CCOC(=O)c1cnn(-c2cc(=O)n(C)c3ccccc23)c1CNC1C2CC3CC(C2)CC1C3. The first-order valence-electron chi connectivity index (χ1n) is 12.6. The molecule has 4 aliphatic carbocycles. The summed E-state index contributed by atoms with van der Waals surface area (Å²) in [6.45, 7) is 2.63. The number of hydrogen-bond acceptors (Lipinski definition) is 5. The van der Waals surface area contributed by atoms with Gasteiger partial charge in [-0.3, -0.25) is 4.79 Å². The summed E-state index contributed by atoms with van der Waals surface area (Å²) >= 11 is 0. The van der Waals surface area contributed by atoms with Crippen LogP contribution >= 0.6 is 0 Å². The number of esters is 1. The maximum absolute atomic E-state index is 12.8. The molecule has 0 spiro atoms. The van der Waals surface area contributed by atoms with E-state index in [9.17, 15) is 9.59 Å². The third-order valence-electron chi connectivity index (χ3n) is 8.46. The lowest BCUT2D eigenvalue weighted by molar-refractivity contribution is -0.0144. The second-order valence-electron chi connectivity index (χ2n) is 10.4. The molecule has 0 aliphatic heterocycles. The number of rotatable bonds is 6. The van der Waals surface area contributed by atoms with Crippen molar-refractivity contribution in [3.63, 3.8) is 0 Å². The van der Waals surface area contributed by atoms with E-state index in [0.29, 0.717) is 30.4 Å². The molecule has 1 aromatic carbocycles. The highest BCUT2D eigenvalue weighted by Crippen LogP contribution is 2.53. The molecular weight excluding hydrogens is 428 g/mol. The summed E-state index contributed by atoms with van der Waals surface area (Å²) in [7, 11) is 1.77. The number of nitrogens with zero attached hydrogens (tertiary/aromatic N) is 3. The Hall–Kier alpha value is -2.93. The van der Waals surface area contributed by atoms with Crippen molar-refractivity contribution in [1.29, 1.82) is 0 Å². The lowest BCUT2D eigenvalue weighted by Crippen LogP contribution is -2.54. The van der Waals surface area contributed by atoms with Gasteiger partial charge in [0.25, 0.3) is 5.56 Å². The Kier molecular flexibility index (Phi) is 5.32. The van der Waals surface area contributed by atoms with Crippen LogP contribution in [0.4, 0.5) is 0 Å². The minimum Gasteiger partial charge on any atom is -0.462 e. The molecule has 0 unspecified atom stereocenters. The lowest BCUT2D eigenvalue weighted by Gasteiger charge is -2.54. The molecular formula is C27H32N4O3. The number of carbonyl (C=O) groups excluding carboxylic acids is 1. The molecule has 0 saturated heterocycles. The average molecular weight is 461 g/mol. The summed E-state index contributed by atoms with van der Waals surface area (Å²) in [6.07, 6.45) is 8.32. The molecule has 4 aliphatic rings. The summed E-state index contributed by atoms with van der Waals surface area (Å²) in [5.74, 6) is 2.90. The Morgan fingerprint density at radius 1 is 1.12 bits per heavy atom. The summed E-state index contributed by atoms with van der Waals surface area (Å²) in [5.41, 5.74) is 2.63. The van der Waals surface area contributed by atoms with Crippen LogP contribution in [0.25, 0.3) is 16.6 Å². The van der Waals surface area contributed by atoms with Crippen LogP contribution in [0.1, 0.15) is 55.1 Å². The maximum Gasteiger partial charge on any atom is 0.341 e. The molecule has 2 aromatic heterocycles. The van der Waals surface area contributed by atoms with E-state index in [-0.39, 0.29) is 11.5 Å². The number of para-hydroxylation sites is 1. The van der Waals surface area contributed by atoms with Crippen molar-refractivity contribution < 1.29 is 9.53 Å². The normalized spacial score (nSPS) is 27.4. The first-order chi connectivity index (χ1) is 16.5. The van der Waals surface area contributed by atoms with Crippen LogP contribution < -0.4 is 10.9 Å². The molecule has 3 aromatic rings. The fraction of sp³-hybridized carbons (Fsp3) is 0.519. The second-order valence-corrected chi connectivity index (χ2v) is 10.4. The number of aromatic nitrogens is 3. The monoisotopic (exact) mass is 460 g/mol. The molecule has 4 bridgehead atoms. The molecule has 178 valence electrons. The zero-order chi connectivity index (χ0) is 23.4. The molecule has 7 nitrogen and oxygen atoms in total. The zero-order valence-electron chi connectivity index (χ0n) is 19.9. The van der Waals surface area contributed by atoms with E-state index in [2.05, 4.69) is 10.4 Å². The van der Waals surface area contributed by atoms with Crippen LogP contribution in [0, 0.1) is 23.7 Å². The number of fused-ring (bicyclic) bond motifs is 1. The first-order valence-corrected chi connectivity index (χ1v) is 12.6. The van der Waals surface area contributed by atoms with Gasteiger partial charge in [-0.2, -0.15) is 5.10 Å². The van der Waals surface area contributed by atoms with Gasteiger partial charge in [0.05, 0.1) is 29.7 Å². The van der Waals surface area contributed by atoms with Crippen LogP contribution in [0.2, 0.25) is 0 Å². The van der Waals surface area contributed by atoms with Crippen molar-refractivity contribution in [1.82, 2.24) is 19.7 Å². The number of hydrogen-bond donors (Lipinski definition) is 1. The topological polar surface area (TPSA) is 78.2 Å². The molecule has 2 heterocycles. The highest BCUT2D eigenvalue weighted by molar-refractivity contribution is 5.92. The predicted octanol–water partition coefficient (Wildman–Crippen LogP) is 3.82. The molecule has 0 amide bonds. The van der Waals surface area contributed by atoms with Crippen LogP contribution in [-0.2, 0) is 18.3 Å². The van der Waals surface area contributed by atoms with Crippen LogP contribution in [0.5, 0.6) is 0 Å². The minimum absolute atomic E-state index is 0.109. The number of nitrogens with one attached hydrogen (secondary N) is 1. The van der Waals surface area contributed by atoms with Crippen molar-refractivity contribution in [2.24, 2.45) is 30.7 Å². The summed E-state index contributed by atoms with van der Waals surface area (Å²) in [5, 5.41) is 9.35. The smallest absolute Gasteiger partial charge is 0.341 e. The van der Waals surface area contributed by atoms with E-state index < -0.39 is 0 Å². The lowest BCUT2D eigenvalue weighted by atomic mass is 9.54. The van der Waals surface area contributed by atoms with Crippen LogP contribution in [0.15, 0.2) is 41.3 Å². The number of benzene rings is 1. The van der Waals surface area contributed by atoms with E-state index in [1.807, 2.05) is 31.2 Å². The van der Waals surface area contributed by atoms with Gasteiger partial charge in [-0.05, 0) is 68.8 Å². The molecule has 1 N–H and O–H groups in total. The van der Waals surface area contributed by atoms with E-state index in [4.69, 9.17) is 4.74 Å². The van der Waals surface area contributed by atoms with Gasteiger partial charge in [0.1, 0.15) is 5.56 Å². The number of aryl methyl sites for hydroxylation is 1. The molecule has 4 saturated carbocycles. The Labute approximate surface area is 199 Å². The van der Waals surface area contributed by atoms with Gasteiger partial charge in [0.15, 0.2) is 0 Å². The molecule has 7 rings (SSSR count). The van der Waals surface area contributed by atoms with Gasteiger partial charge < -0.3 is 14.6 Å². The highest BCUT2D eigenvalue weighted by Gasteiger charge is 2.48. The Morgan fingerprint density at radius 2 is 1.82 bits per heavy atom. The van der Waals surface area contributed by atoms with Gasteiger partial charge in [0, 0.05) is 31.1 Å². The number of carbonyl (C=O) groups is 1. The fourth-order valence-electron chi connectivity index (χ4n) is 7.17. The summed E-state index contributed by atoms with van der Waals surface area (Å²) < 4.78 is 8.75. The zero-order valence-corrected chi connectivity index (χ0v) is 19.9. The molecule has 34 heavy (non-hydrogen) atoms. The summed E-state index contributed by atoms with van der Waals surface area (Å²) in [4.78, 5) is 25.6. The van der Waals surface area contributed by atoms with E-state index in [0.717, 1.165) is 40.3 Å². The molecule has 0 radical (unpaired) electrons. The second kappa shape index (κ2) is 8.38. The van der Waals surface area contributed by atoms with Gasteiger partial charge in [-0.15, -0.1) is 0 Å². The van der Waals surface area contributed by atoms with E-state index >= 15 is 0 Å². The predicted molar refractivity (Wildman–Crippen MR) is 130 cm³/mol. The van der Waals surface area contributed by atoms with Gasteiger partial charge in [-0.1, -0.05) is 18.2 Å². The largest absolute Gasteiger partial charge is 0.462 e. The Bertz CT molecular complexity index is 1280. The average Bonchev–Trinajstić information content (AvgIpc) is 3.24. The van der Waals surface area contributed by atoms with Crippen molar-refractivity contribution in [3.05, 3.63) is 58.1 Å². The van der Waals surface area contributed by atoms with Crippen molar-refractivity contribution in [2.45, 2.75) is 51.6 Å². The quantitative estimate of drug-likeness (QED) is 0.566. The third kappa shape index (κ3) is 3.49. The fourth-order valence-corrected chi connectivity index (χ4v) is 7.17. The van der Waals surface area contributed by atoms with Crippen molar-refractivity contribution in [3.8, 4) is 5.69 Å². The molecule has 0 atom stereocenters. The Morgan fingerprint density at radius 3 is 2.53 bits per heavy atom. The van der Waals surface area contributed by atoms with Gasteiger partial charge >= 0.3 is 5.97 Å². The van der Waals surface area contributed by atoms with Crippen LogP contribution in [0.3, 0.4) is 0 Å². The van der Waals surface area contributed by atoms with E-state index in [1.165, 1.54) is 32.1 Å². The number of ether oxygens (including phenoxy) is 1. The first kappa shape index (κ1) is 21.6. The van der Waals surface area contributed by atoms with Crippen LogP contribution in [-0.4, -0.2) is 33.0 Å². The maximum atomic E-state index is 12.8. The Balaban J connectivity index is 1.39. The van der Waals surface area contributed by atoms with Crippen molar-refractivity contribution in [2.75, 3.05) is 6.61 Å². The minimum atomic E-state index is -0.372. The molecule has 7 heteroatoms. The molecule has 4 fully saturated rings. The van der Waals surface area contributed by atoms with E-state index in [1.54, 1.807) is 28.6 Å². The summed E-state index contributed by atoms with van der Waals surface area (Å²) in [6, 6.07) is 9.89. The highest BCUT2D eigenvalue weighted by atomic mass is 16.5. The number of pyridine rings is 1. The van der Waals surface area contributed by atoms with Gasteiger partial charge in [0.2, 0.25) is 0 Å². The van der Waals surface area contributed by atoms with Gasteiger partial charge in [-0.25, -0.2) is 9.48 Å².